The first-order valence-electron chi connectivity index (χ1n) is 7.58. The summed E-state index contributed by atoms with van der Waals surface area (Å²) in [6.45, 7) is 10.0. The molecule has 1 atom stereocenters. The topological polar surface area (TPSA) is 24.1 Å². The highest BCUT2D eigenvalue weighted by atomic mass is 32.1. The molecule has 2 rings (SSSR count). The first-order chi connectivity index (χ1) is 9.06. The zero-order valence-corrected chi connectivity index (χ0v) is 13.4. The van der Waals surface area contributed by atoms with E-state index in [1.807, 2.05) is 11.3 Å². The van der Waals surface area contributed by atoms with Crippen molar-refractivity contribution in [1.29, 1.82) is 0 Å². The molecule has 0 fully saturated rings. The number of nitrogens with one attached hydrogen (secondary N) is 2. The number of hydrogen-bond donors (Lipinski definition) is 2. The van der Waals surface area contributed by atoms with E-state index in [0.717, 1.165) is 25.6 Å². The average molecular weight is 280 g/mol. The number of fused-ring (bicyclic) bond motifs is 1. The summed E-state index contributed by atoms with van der Waals surface area (Å²) < 4.78 is 0. The van der Waals surface area contributed by atoms with Gasteiger partial charge in [-0.05, 0) is 82.5 Å². The first-order valence-corrected chi connectivity index (χ1v) is 8.46. The van der Waals surface area contributed by atoms with Gasteiger partial charge < -0.3 is 10.6 Å². The van der Waals surface area contributed by atoms with Gasteiger partial charge in [-0.3, -0.25) is 0 Å². The summed E-state index contributed by atoms with van der Waals surface area (Å²) in [5.74, 6) is 0.755. The Labute approximate surface area is 122 Å². The highest BCUT2D eigenvalue weighted by Gasteiger charge is 2.20. The quantitative estimate of drug-likeness (QED) is 0.779. The Morgan fingerprint density at radius 3 is 2.95 bits per heavy atom. The molecule has 0 aromatic carbocycles. The van der Waals surface area contributed by atoms with Crippen molar-refractivity contribution in [2.45, 2.75) is 57.9 Å². The Morgan fingerprint density at radius 1 is 1.32 bits per heavy atom. The van der Waals surface area contributed by atoms with Gasteiger partial charge in [-0.15, -0.1) is 11.3 Å². The normalized spacial score (nSPS) is 19.4. The minimum atomic E-state index is 0.245. The third-order valence-corrected chi connectivity index (χ3v) is 4.75. The van der Waals surface area contributed by atoms with Crippen molar-refractivity contribution in [2.75, 3.05) is 19.6 Å². The molecule has 2 nitrogen and oxygen atoms in total. The standard InChI is InChI=1S/C16H28N2S/c1-16(2,3)18-10-5-9-17-12-13-6-4-7-15-14(13)8-11-19-15/h8,11,13,17-18H,4-7,9-10,12H2,1-3H3. The fourth-order valence-electron chi connectivity index (χ4n) is 2.75. The van der Waals surface area contributed by atoms with E-state index in [4.69, 9.17) is 0 Å². The SMILES string of the molecule is CC(C)(C)NCCCNCC1CCCc2sccc21. The zero-order valence-electron chi connectivity index (χ0n) is 12.6. The second-order valence-corrected chi connectivity index (χ2v) is 7.62. The molecular formula is C16H28N2S. The summed E-state index contributed by atoms with van der Waals surface area (Å²) in [4.78, 5) is 1.63. The fourth-order valence-corrected chi connectivity index (χ4v) is 3.76. The molecule has 0 saturated carbocycles. The van der Waals surface area contributed by atoms with Gasteiger partial charge in [0.05, 0.1) is 0 Å². The van der Waals surface area contributed by atoms with Crippen molar-refractivity contribution in [3.8, 4) is 0 Å². The van der Waals surface area contributed by atoms with Crippen molar-refractivity contribution < 1.29 is 0 Å². The highest BCUT2D eigenvalue weighted by molar-refractivity contribution is 7.10. The van der Waals surface area contributed by atoms with Gasteiger partial charge in [0.25, 0.3) is 0 Å². The highest BCUT2D eigenvalue weighted by Crippen LogP contribution is 2.34. The number of rotatable bonds is 6. The fraction of sp³-hybridized carbons (Fsp3) is 0.750. The van der Waals surface area contributed by atoms with E-state index in [0.29, 0.717) is 0 Å². The van der Waals surface area contributed by atoms with Gasteiger partial charge in [-0.2, -0.15) is 0 Å². The van der Waals surface area contributed by atoms with Crippen molar-refractivity contribution >= 4 is 11.3 Å². The van der Waals surface area contributed by atoms with E-state index in [1.165, 1.54) is 25.7 Å². The van der Waals surface area contributed by atoms with E-state index in [2.05, 4.69) is 42.9 Å². The van der Waals surface area contributed by atoms with Crippen LogP contribution in [-0.4, -0.2) is 25.2 Å². The molecule has 0 amide bonds. The van der Waals surface area contributed by atoms with Crippen LogP contribution in [-0.2, 0) is 6.42 Å². The second-order valence-electron chi connectivity index (χ2n) is 6.62. The third-order valence-electron chi connectivity index (χ3n) is 3.75. The molecule has 19 heavy (non-hydrogen) atoms. The maximum atomic E-state index is 3.64. The van der Waals surface area contributed by atoms with Crippen LogP contribution in [0.1, 0.15) is 56.4 Å². The molecule has 2 N–H and O–H groups in total. The van der Waals surface area contributed by atoms with Crippen LogP contribution in [0.2, 0.25) is 0 Å². The molecule has 0 aliphatic heterocycles. The van der Waals surface area contributed by atoms with E-state index in [-0.39, 0.29) is 5.54 Å². The van der Waals surface area contributed by atoms with E-state index < -0.39 is 0 Å². The minimum Gasteiger partial charge on any atom is -0.316 e. The molecule has 1 unspecified atom stereocenters. The predicted octanol–water partition coefficient (Wildman–Crippen LogP) is 3.54. The molecule has 0 saturated heterocycles. The lowest BCUT2D eigenvalue weighted by Crippen LogP contribution is -2.37. The Bertz CT molecular complexity index is 378. The van der Waals surface area contributed by atoms with Crippen LogP contribution in [0, 0.1) is 0 Å². The van der Waals surface area contributed by atoms with Crippen molar-refractivity contribution in [3.05, 3.63) is 21.9 Å². The lowest BCUT2D eigenvalue weighted by Gasteiger charge is -2.23. The summed E-state index contributed by atoms with van der Waals surface area (Å²) in [7, 11) is 0. The predicted molar refractivity (Wildman–Crippen MR) is 85.2 cm³/mol. The van der Waals surface area contributed by atoms with Crippen LogP contribution in [0.25, 0.3) is 0 Å². The molecule has 1 aromatic rings. The van der Waals surface area contributed by atoms with Gasteiger partial charge >= 0.3 is 0 Å². The minimum absolute atomic E-state index is 0.245. The Morgan fingerprint density at radius 2 is 2.16 bits per heavy atom. The van der Waals surface area contributed by atoms with Gasteiger partial charge in [0, 0.05) is 17.0 Å². The molecule has 0 spiro atoms. The van der Waals surface area contributed by atoms with Crippen LogP contribution >= 0.6 is 11.3 Å². The summed E-state index contributed by atoms with van der Waals surface area (Å²) in [5.41, 5.74) is 1.87. The monoisotopic (exact) mass is 280 g/mol. The Balaban J connectivity index is 1.62. The van der Waals surface area contributed by atoms with Crippen LogP contribution in [0.15, 0.2) is 11.4 Å². The first kappa shape index (κ1) is 15.0. The Kier molecular flexibility index (Phi) is 5.43. The third kappa shape index (κ3) is 4.90. The van der Waals surface area contributed by atoms with Crippen LogP contribution in [0.3, 0.4) is 0 Å². The molecule has 1 aliphatic carbocycles. The maximum absolute atomic E-state index is 3.64. The van der Waals surface area contributed by atoms with Crippen LogP contribution in [0.5, 0.6) is 0 Å². The number of thiophene rings is 1. The molecule has 1 aliphatic rings. The summed E-state index contributed by atoms with van der Waals surface area (Å²) >= 11 is 1.94. The van der Waals surface area contributed by atoms with Crippen molar-refractivity contribution in [1.82, 2.24) is 10.6 Å². The molecule has 1 heterocycles. The zero-order chi connectivity index (χ0) is 13.7. The van der Waals surface area contributed by atoms with Crippen LogP contribution < -0.4 is 10.6 Å². The molecule has 0 bridgehead atoms. The number of aryl methyl sites for hydroxylation is 1. The molecule has 3 heteroatoms. The van der Waals surface area contributed by atoms with E-state index >= 15 is 0 Å². The van der Waals surface area contributed by atoms with Gasteiger partial charge in [-0.1, -0.05) is 0 Å². The van der Waals surface area contributed by atoms with E-state index in [9.17, 15) is 0 Å². The lowest BCUT2D eigenvalue weighted by molar-refractivity contribution is 0.415. The van der Waals surface area contributed by atoms with Gasteiger partial charge in [-0.25, -0.2) is 0 Å². The van der Waals surface area contributed by atoms with Gasteiger partial charge in [0.2, 0.25) is 0 Å². The summed E-state index contributed by atoms with van der Waals surface area (Å²) in [5, 5.41) is 9.43. The van der Waals surface area contributed by atoms with E-state index in [1.54, 1.807) is 10.4 Å². The van der Waals surface area contributed by atoms with Gasteiger partial charge in [0.15, 0.2) is 0 Å². The number of hydrogen-bond acceptors (Lipinski definition) is 3. The van der Waals surface area contributed by atoms with Crippen molar-refractivity contribution in [2.24, 2.45) is 0 Å². The smallest absolute Gasteiger partial charge is 0.00965 e. The lowest BCUT2D eigenvalue weighted by atomic mass is 9.88. The van der Waals surface area contributed by atoms with Crippen LogP contribution in [0.4, 0.5) is 0 Å². The van der Waals surface area contributed by atoms with Gasteiger partial charge in [0.1, 0.15) is 0 Å². The molecule has 1 aromatic heterocycles. The largest absolute Gasteiger partial charge is 0.316 e. The maximum Gasteiger partial charge on any atom is 0.00965 e. The molecule has 108 valence electrons. The average Bonchev–Trinajstić information content (AvgIpc) is 2.81. The summed E-state index contributed by atoms with van der Waals surface area (Å²) in [6.07, 6.45) is 5.24. The van der Waals surface area contributed by atoms with Crippen molar-refractivity contribution in [3.63, 3.8) is 0 Å². The second kappa shape index (κ2) is 6.87. The Hall–Kier alpha value is -0.380. The molecule has 0 radical (unpaired) electrons. The summed E-state index contributed by atoms with van der Waals surface area (Å²) in [6, 6.07) is 2.34. The molecular weight excluding hydrogens is 252 g/mol.